The summed E-state index contributed by atoms with van der Waals surface area (Å²) in [7, 11) is 0. The number of hydrogen-bond acceptors (Lipinski definition) is 2. The van der Waals surface area contributed by atoms with E-state index in [0.717, 1.165) is 18.8 Å². The lowest BCUT2D eigenvalue weighted by molar-refractivity contribution is 0.545. The normalized spacial score (nSPS) is 16.8. The molecule has 0 aliphatic heterocycles. The fourth-order valence-corrected chi connectivity index (χ4v) is 1.77. The maximum Gasteiger partial charge on any atom is 0.109 e. The molecule has 0 rings (SSSR count). The van der Waals surface area contributed by atoms with Gasteiger partial charge in [-0.25, -0.2) is 0 Å². The second-order valence-electron chi connectivity index (χ2n) is 2.65. The third kappa shape index (κ3) is 6.39. The number of nitrogens with one attached hydrogen (secondary N) is 1. The zero-order valence-electron chi connectivity index (χ0n) is 7.02. The van der Waals surface area contributed by atoms with Gasteiger partial charge < -0.3 is 9.87 Å². The van der Waals surface area contributed by atoms with E-state index in [9.17, 15) is 4.55 Å². The molecule has 0 saturated heterocycles. The molecule has 1 N–H and O–H groups in total. The third-order valence-corrected chi connectivity index (χ3v) is 2.30. The van der Waals surface area contributed by atoms with Crippen LogP contribution in [0.4, 0.5) is 0 Å². The zero-order valence-corrected chi connectivity index (χ0v) is 7.83. The van der Waals surface area contributed by atoms with Crippen molar-refractivity contribution < 1.29 is 4.55 Å². The van der Waals surface area contributed by atoms with Crippen molar-refractivity contribution in [3.05, 3.63) is 0 Å². The van der Waals surface area contributed by atoms with E-state index in [-0.39, 0.29) is 0 Å². The molecule has 0 fully saturated rings. The van der Waals surface area contributed by atoms with E-state index in [2.05, 4.69) is 19.2 Å². The highest BCUT2D eigenvalue weighted by atomic mass is 32.2. The van der Waals surface area contributed by atoms with E-state index >= 15 is 0 Å². The molecule has 0 aromatic carbocycles. The van der Waals surface area contributed by atoms with Gasteiger partial charge in [-0.1, -0.05) is 25.0 Å². The van der Waals surface area contributed by atoms with E-state index < -0.39 is 11.2 Å². The van der Waals surface area contributed by atoms with Crippen molar-refractivity contribution >= 4 is 11.2 Å². The Bertz CT molecular complexity index is 78.0. The van der Waals surface area contributed by atoms with Gasteiger partial charge in [-0.15, -0.1) is 0 Å². The van der Waals surface area contributed by atoms with Gasteiger partial charge in [0.05, 0.1) is 6.26 Å². The van der Waals surface area contributed by atoms with Crippen molar-refractivity contribution in [1.82, 2.24) is 5.32 Å². The van der Waals surface area contributed by atoms with Crippen LogP contribution in [0.25, 0.3) is 0 Å². The average molecular weight is 163 g/mol. The van der Waals surface area contributed by atoms with Gasteiger partial charge in [0.2, 0.25) is 0 Å². The molecule has 0 radical (unpaired) electrons. The summed E-state index contributed by atoms with van der Waals surface area (Å²) in [6, 6.07) is 0. The van der Waals surface area contributed by atoms with E-state index in [1.807, 2.05) is 0 Å². The van der Waals surface area contributed by atoms with Crippen molar-refractivity contribution in [2.24, 2.45) is 5.92 Å². The molecule has 2 atom stereocenters. The van der Waals surface area contributed by atoms with Gasteiger partial charge in [-0.2, -0.15) is 0 Å². The van der Waals surface area contributed by atoms with Crippen molar-refractivity contribution in [3.8, 4) is 0 Å². The second kappa shape index (κ2) is 6.01. The van der Waals surface area contributed by atoms with E-state index in [1.165, 1.54) is 0 Å². The summed E-state index contributed by atoms with van der Waals surface area (Å²) >= 11 is -0.639. The number of hydrogen-bond donors (Lipinski definition) is 1. The molecule has 0 aliphatic rings. The topological polar surface area (TPSA) is 35.1 Å². The van der Waals surface area contributed by atoms with Gasteiger partial charge in [0.25, 0.3) is 0 Å². The Kier molecular flexibility index (Phi) is 6.17. The first-order chi connectivity index (χ1) is 4.66. The Morgan fingerprint density at radius 3 is 2.60 bits per heavy atom. The molecule has 0 saturated carbocycles. The van der Waals surface area contributed by atoms with Gasteiger partial charge in [0.15, 0.2) is 0 Å². The highest BCUT2D eigenvalue weighted by Gasteiger charge is 2.06. The first kappa shape index (κ1) is 10.3. The molecule has 0 amide bonds. The summed E-state index contributed by atoms with van der Waals surface area (Å²) in [5, 5.41) is 3.22. The maximum atomic E-state index is 10.7. The summed E-state index contributed by atoms with van der Waals surface area (Å²) in [5.74, 6) is 1.35. The summed E-state index contributed by atoms with van der Waals surface area (Å²) in [6.07, 6.45) is 1.75. The Morgan fingerprint density at radius 2 is 2.20 bits per heavy atom. The molecule has 3 heteroatoms. The Balaban J connectivity index is 3.16. The highest BCUT2D eigenvalue weighted by molar-refractivity contribution is 7.90. The molecular weight excluding hydrogens is 146 g/mol. The van der Waals surface area contributed by atoms with Crippen LogP contribution in [0, 0.1) is 5.92 Å². The van der Waals surface area contributed by atoms with E-state index in [1.54, 1.807) is 6.26 Å². The van der Waals surface area contributed by atoms with Crippen molar-refractivity contribution in [1.29, 1.82) is 0 Å². The largest absolute Gasteiger partial charge is 0.617 e. The molecular formula is C7H17NOS. The molecule has 0 aromatic heterocycles. The molecule has 0 aliphatic carbocycles. The molecule has 0 bridgehead atoms. The van der Waals surface area contributed by atoms with Crippen LogP contribution in [0.2, 0.25) is 0 Å². The zero-order chi connectivity index (χ0) is 7.98. The summed E-state index contributed by atoms with van der Waals surface area (Å²) in [5.41, 5.74) is 0. The number of rotatable bonds is 5. The van der Waals surface area contributed by atoms with Crippen LogP contribution in [0.5, 0.6) is 0 Å². The smallest absolute Gasteiger partial charge is 0.109 e. The van der Waals surface area contributed by atoms with Crippen molar-refractivity contribution in [2.75, 3.05) is 25.1 Å². The Labute approximate surface area is 66.6 Å². The fraction of sp³-hybridized carbons (Fsp3) is 1.00. The molecule has 0 heterocycles. The molecule has 62 valence electrons. The first-order valence-electron chi connectivity index (χ1n) is 3.67. The molecule has 0 spiro atoms. The lowest BCUT2D eigenvalue weighted by Crippen LogP contribution is -2.25. The lowest BCUT2D eigenvalue weighted by Gasteiger charge is -2.12. The van der Waals surface area contributed by atoms with Crippen LogP contribution in [0.3, 0.4) is 0 Å². The minimum atomic E-state index is -0.639. The lowest BCUT2D eigenvalue weighted by atomic mass is 10.2. The van der Waals surface area contributed by atoms with Crippen LogP contribution in [-0.2, 0) is 11.2 Å². The summed E-state index contributed by atoms with van der Waals surface area (Å²) in [4.78, 5) is 0. The van der Waals surface area contributed by atoms with Gasteiger partial charge in [-0.05, 0) is 6.54 Å². The Hall–Kier alpha value is 0.270. The summed E-state index contributed by atoms with van der Waals surface area (Å²) < 4.78 is 10.7. The van der Waals surface area contributed by atoms with Crippen LogP contribution < -0.4 is 5.32 Å². The molecule has 2 nitrogen and oxygen atoms in total. The van der Waals surface area contributed by atoms with Crippen LogP contribution in [0.15, 0.2) is 0 Å². The Morgan fingerprint density at radius 1 is 1.60 bits per heavy atom. The van der Waals surface area contributed by atoms with E-state index in [0.29, 0.717) is 5.92 Å². The molecule has 2 unspecified atom stereocenters. The van der Waals surface area contributed by atoms with Crippen LogP contribution >= 0.6 is 0 Å². The van der Waals surface area contributed by atoms with Crippen LogP contribution in [0.1, 0.15) is 13.8 Å². The third-order valence-electron chi connectivity index (χ3n) is 1.26. The van der Waals surface area contributed by atoms with Crippen LogP contribution in [-0.4, -0.2) is 29.7 Å². The SMILES string of the molecule is CCNCC(C)C[S+](C)[O-]. The quantitative estimate of drug-likeness (QED) is 0.603. The predicted molar refractivity (Wildman–Crippen MR) is 46.6 cm³/mol. The van der Waals surface area contributed by atoms with Gasteiger partial charge in [0.1, 0.15) is 5.75 Å². The second-order valence-corrected chi connectivity index (χ2v) is 4.13. The first-order valence-corrected chi connectivity index (χ1v) is 5.40. The predicted octanol–water partition coefficient (Wildman–Crippen LogP) is 0.611. The minimum absolute atomic E-state index is 0.533. The highest BCUT2D eigenvalue weighted by Crippen LogP contribution is 1.97. The minimum Gasteiger partial charge on any atom is -0.617 e. The van der Waals surface area contributed by atoms with Gasteiger partial charge >= 0.3 is 0 Å². The van der Waals surface area contributed by atoms with Gasteiger partial charge in [0, 0.05) is 12.5 Å². The fourth-order valence-electron chi connectivity index (χ4n) is 0.850. The summed E-state index contributed by atoms with van der Waals surface area (Å²) in [6.45, 7) is 6.18. The van der Waals surface area contributed by atoms with Crippen molar-refractivity contribution in [2.45, 2.75) is 13.8 Å². The van der Waals surface area contributed by atoms with Crippen molar-refractivity contribution in [3.63, 3.8) is 0 Å². The van der Waals surface area contributed by atoms with E-state index in [4.69, 9.17) is 0 Å². The monoisotopic (exact) mass is 163 g/mol. The standard InChI is InChI=1S/C7H17NOS/c1-4-8-5-7(2)6-10(3)9/h7-8H,4-6H2,1-3H3. The molecule has 10 heavy (non-hydrogen) atoms. The molecule has 0 aromatic rings. The van der Waals surface area contributed by atoms with Gasteiger partial charge in [-0.3, -0.25) is 0 Å². The maximum absolute atomic E-state index is 10.7. The average Bonchev–Trinajstić information content (AvgIpc) is 1.82.